The number of hydrogen-bond donors (Lipinski definition) is 1. The Morgan fingerprint density at radius 1 is 1.04 bits per heavy atom. The second-order valence-electron chi connectivity index (χ2n) is 5.95. The van der Waals surface area contributed by atoms with Crippen molar-refractivity contribution in [1.29, 1.82) is 0 Å². The fraction of sp³-hybridized carbons (Fsp3) is 0.333. The SMILES string of the molecule is COc1ccc(-c2cc3nc(C)cc(NC(C)C)n3n2)cc1OC. The molecule has 3 rings (SSSR count). The van der Waals surface area contributed by atoms with Crippen LogP contribution in [-0.4, -0.2) is 34.9 Å². The number of nitrogens with zero attached hydrogens (tertiary/aromatic N) is 3. The van der Waals surface area contributed by atoms with Gasteiger partial charge in [-0.05, 0) is 39.0 Å². The zero-order valence-corrected chi connectivity index (χ0v) is 14.6. The lowest BCUT2D eigenvalue weighted by atomic mass is 10.1. The molecular formula is C18H22N4O2. The predicted octanol–water partition coefficient (Wildman–Crippen LogP) is 3.54. The summed E-state index contributed by atoms with van der Waals surface area (Å²) >= 11 is 0. The first kappa shape index (κ1) is 16.1. The first-order valence-electron chi connectivity index (χ1n) is 7.88. The lowest BCUT2D eigenvalue weighted by Crippen LogP contribution is -2.14. The van der Waals surface area contributed by atoms with E-state index in [0.717, 1.165) is 28.4 Å². The van der Waals surface area contributed by atoms with Crippen LogP contribution < -0.4 is 14.8 Å². The minimum atomic E-state index is 0.309. The number of aryl methyl sites for hydroxylation is 1. The second-order valence-corrected chi connectivity index (χ2v) is 5.95. The smallest absolute Gasteiger partial charge is 0.161 e. The van der Waals surface area contributed by atoms with Crippen molar-refractivity contribution in [2.45, 2.75) is 26.8 Å². The molecule has 0 unspecified atom stereocenters. The second kappa shape index (κ2) is 6.39. The fourth-order valence-electron chi connectivity index (χ4n) is 2.64. The van der Waals surface area contributed by atoms with Gasteiger partial charge in [0.05, 0.1) is 19.9 Å². The summed E-state index contributed by atoms with van der Waals surface area (Å²) in [4.78, 5) is 4.57. The van der Waals surface area contributed by atoms with Crippen molar-refractivity contribution < 1.29 is 9.47 Å². The molecule has 2 heterocycles. The number of benzene rings is 1. The molecule has 6 heteroatoms. The molecule has 0 saturated carbocycles. The summed E-state index contributed by atoms with van der Waals surface area (Å²) in [6.07, 6.45) is 0. The normalized spacial score (nSPS) is 11.1. The Morgan fingerprint density at radius 3 is 2.46 bits per heavy atom. The Hall–Kier alpha value is -2.76. The van der Waals surface area contributed by atoms with Gasteiger partial charge in [-0.2, -0.15) is 9.61 Å². The van der Waals surface area contributed by atoms with Crippen LogP contribution in [0.2, 0.25) is 0 Å². The minimum Gasteiger partial charge on any atom is -0.493 e. The van der Waals surface area contributed by atoms with Gasteiger partial charge in [-0.3, -0.25) is 0 Å². The van der Waals surface area contributed by atoms with Crippen molar-refractivity contribution in [3.05, 3.63) is 36.0 Å². The lowest BCUT2D eigenvalue weighted by Gasteiger charge is -2.11. The maximum Gasteiger partial charge on any atom is 0.161 e. The molecule has 0 bridgehead atoms. The monoisotopic (exact) mass is 326 g/mol. The summed E-state index contributed by atoms with van der Waals surface area (Å²) in [7, 11) is 3.25. The van der Waals surface area contributed by atoms with Gasteiger partial charge in [0.25, 0.3) is 0 Å². The zero-order chi connectivity index (χ0) is 17.3. The molecule has 1 aromatic carbocycles. The number of rotatable bonds is 5. The van der Waals surface area contributed by atoms with E-state index < -0.39 is 0 Å². The van der Waals surface area contributed by atoms with Gasteiger partial charge in [-0.15, -0.1) is 0 Å². The van der Waals surface area contributed by atoms with Crippen molar-refractivity contribution in [3.8, 4) is 22.8 Å². The van der Waals surface area contributed by atoms with Gasteiger partial charge in [0.2, 0.25) is 0 Å². The largest absolute Gasteiger partial charge is 0.493 e. The van der Waals surface area contributed by atoms with E-state index in [4.69, 9.17) is 14.6 Å². The van der Waals surface area contributed by atoms with E-state index in [9.17, 15) is 0 Å². The van der Waals surface area contributed by atoms with Crippen LogP contribution in [0.4, 0.5) is 5.82 Å². The van der Waals surface area contributed by atoms with Crippen LogP contribution in [0.1, 0.15) is 19.5 Å². The molecule has 0 radical (unpaired) electrons. The number of methoxy groups -OCH3 is 2. The van der Waals surface area contributed by atoms with E-state index in [1.807, 2.05) is 41.8 Å². The van der Waals surface area contributed by atoms with Crippen LogP contribution in [0.5, 0.6) is 11.5 Å². The number of fused-ring (bicyclic) bond motifs is 1. The van der Waals surface area contributed by atoms with Crippen molar-refractivity contribution in [1.82, 2.24) is 14.6 Å². The number of anilines is 1. The Kier molecular flexibility index (Phi) is 4.29. The average Bonchev–Trinajstić information content (AvgIpc) is 2.97. The zero-order valence-electron chi connectivity index (χ0n) is 14.6. The van der Waals surface area contributed by atoms with Crippen LogP contribution in [-0.2, 0) is 0 Å². The molecule has 0 aliphatic rings. The molecule has 0 saturated heterocycles. The number of hydrogen-bond acceptors (Lipinski definition) is 5. The quantitative estimate of drug-likeness (QED) is 0.777. The molecule has 0 fully saturated rings. The Balaban J connectivity index is 2.11. The molecule has 0 atom stereocenters. The van der Waals surface area contributed by atoms with Crippen LogP contribution in [0.25, 0.3) is 16.9 Å². The topological polar surface area (TPSA) is 60.7 Å². The average molecular weight is 326 g/mol. The Labute approximate surface area is 141 Å². The van der Waals surface area contributed by atoms with Crippen LogP contribution in [0, 0.1) is 6.92 Å². The lowest BCUT2D eigenvalue weighted by molar-refractivity contribution is 0.355. The molecular weight excluding hydrogens is 304 g/mol. The summed E-state index contributed by atoms with van der Waals surface area (Å²) in [6, 6.07) is 10.0. The Morgan fingerprint density at radius 2 is 1.79 bits per heavy atom. The van der Waals surface area contributed by atoms with Gasteiger partial charge in [0.15, 0.2) is 17.1 Å². The molecule has 0 spiro atoms. The van der Waals surface area contributed by atoms with Crippen LogP contribution >= 0.6 is 0 Å². The summed E-state index contributed by atoms with van der Waals surface area (Å²) in [5.74, 6) is 2.30. The van der Waals surface area contributed by atoms with Gasteiger partial charge in [-0.25, -0.2) is 4.98 Å². The van der Waals surface area contributed by atoms with E-state index in [1.54, 1.807) is 14.2 Å². The molecule has 0 aliphatic carbocycles. The highest BCUT2D eigenvalue weighted by molar-refractivity contribution is 5.68. The van der Waals surface area contributed by atoms with Gasteiger partial charge in [0, 0.05) is 29.4 Å². The molecule has 0 amide bonds. The van der Waals surface area contributed by atoms with Crippen molar-refractivity contribution >= 4 is 11.5 Å². The number of aromatic nitrogens is 3. The van der Waals surface area contributed by atoms with Crippen molar-refractivity contribution in [2.75, 3.05) is 19.5 Å². The maximum atomic E-state index is 5.38. The van der Waals surface area contributed by atoms with E-state index in [2.05, 4.69) is 24.1 Å². The molecule has 2 aromatic heterocycles. The van der Waals surface area contributed by atoms with E-state index in [-0.39, 0.29) is 0 Å². The first-order valence-corrected chi connectivity index (χ1v) is 7.88. The third-order valence-corrected chi connectivity index (χ3v) is 3.67. The highest BCUT2D eigenvalue weighted by Gasteiger charge is 2.12. The molecule has 3 aromatic rings. The van der Waals surface area contributed by atoms with Gasteiger partial charge in [-0.1, -0.05) is 0 Å². The third-order valence-electron chi connectivity index (χ3n) is 3.67. The fourth-order valence-corrected chi connectivity index (χ4v) is 2.64. The Bertz CT molecular complexity index is 871. The van der Waals surface area contributed by atoms with E-state index in [1.165, 1.54) is 0 Å². The van der Waals surface area contributed by atoms with Gasteiger partial charge in [0.1, 0.15) is 5.82 Å². The van der Waals surface area contributed by atoms with Crippen LogP contribution in [0.3, 0.4) is 0 Å². The maximum absolute atomic E-state index is 5.38. The number of ether oxygens (including phenoxy) is 2. The minimum absolute atomic E-state index is 0.309. The van der Waals surface area contributed by atoms with E-state index in [0.29, 0.717) is 17.5 Å². The van der Waals surface area contributed by atoms with Crippen molar-refractivity contribution in [3.63, 3.8) is 0 Å². The summed E-state index contributed by atoms with van der Waals surface area (Å²) < 4.78 is 12.5. The predicted molar refractivity (Wildman–Crippen MR) is 95.0 cm³/mol. The first-order chi connectivity index (χ1) is 11.5. The highest BCUT2D eigenvalue weighted by atomic mass is 16.5. The molecule has 126 valence electrons. The van der Waals surface area contributed by atoms with Gasteiger partial charge < -0.3 is 14.8 Å². The van der Waals surface area contributed by atoms with Crippen molar-refractivity contribution in [2.24, 2.45) is 0 Å². The number of nitrogens with one attached hydrogen (secondary N) is 1. The molecule has 24 heavy (non-hydrogen) atoms. The summed E-state index contributed by atoms with van der Waals surface area (Å²) in [6.45, 7) is 6.18. The highest BCUT2D eigenvalue weighted by Crippen LogP contribution is 2.32. The molecule has 0 aliphatic heterocycles. The van der Waals surface area contributed by atoms with E-state index >= 15 is 0 Å². The third kappa shape index (κ3) is 2.99. The standard InChI is InChI=1S/C18H22N4O2/c1-11(2)19-17-8-12(3)20-18-10-14(21-22(17)18)13-6-7-15(23-4)16(9-13)24-5/h6-11,19H,1-5H3. The van der Waals surface area contributed by atoms with Gasteiger partial charge >= 0.3 is 0 Å². The molecule has 6 nitrogen and oxygen atoms in total. The van der Waals surface area contributed by atoms with Crippen LogP contribution in [0.15, 0.2) is 30.3 Å². The summed E-state index contributed by atoms with van der Waals surface area (Å²) in [5, 5.41) is 8.11. The summed E-state index contributed by atoms with van der Waals surface area (Å²) in [5.41, 5.74) is 3.54. The molecule has 1 N–H and O–H groups in total.